The summed E-state index contributed by atoms with van der Waals surface area (Å²) in [6.07, 6.45) is 5.81. The maximum absolute atomic E-state index is 3.65. The summed E-state index contributed by atoms with van der Waals surface area (Å²) in [5.74, 6) is 3.76. The molecule has 1 aromatic rings. The third-order valence-electron chi connectivity index (χ3n) is 5.12. The van der Waals surface area contributed by atoms with E-state index < -0.39 is 0 Å². The largest absolute Gasteiger partial charge is 0.314 e. The monoisotopic (exact) mass is 257 g/mol. The van der Waals surface area contributed by atoms with Gasteiger partial charge in [0.25, 0.3) is 0 Å². The molecule has 1 N–H and O–H groups in total. The van der Waals surface area contributed by atoms with Gasteiger partial charge in [-0.1, -0.05) is 50.6 Å². The average molecular weight is 257 g/mol. The van der Waals surface area contributed by atoms with Crippen LogP contribution in [-0.2, 0) is 0 Å². The Labute approximate surface area is 117 Å². The van der Waals surface area contributed by atoms with E-state index in [2.05, 4.69) is 49.5 Å². The van der Waals surface area contributed by atoms with Gasteiger partial charge in [-0.3, -0.25) is 0 Å². The molecule has 2 aliphatic rings. The lowest BCUT2D eigenvalue weighted by Crippen LogP contribution is -2.31. The highest BCUT2D eigenvalue weighted by atomic mass is 14.9. The van der Waals surface area contributed by atoms with Crippen molar-refractivity contribution in [1.82, 2.24) is 5.32 Å². The molecule has 2 aliphatic carbocycles. The molecule has 4 unspecified atom stereocenters. The second kappa shape index (κ2) is 5.66. The van der Waals surface area contributed by atoms with E-state index in [-0.39, 0.29) is 0 Å². The fourth-order valence-corrected chi connectivity index (χ4v) is 4.04. The molecule has 2 saturated carbocycles. The molecule has 1 aromatic carbocycles. The quantitative estimate of drug-likeness (QED) is 0.833. The summed E-state index contributed by atoms with van der Waals surface area (Å²) in [4.78, 5) is 0. The molecule has 0 heterocycles. The van der Waals surface area contributed by atoms with E-state index in [9.17, 15) is 0 Å². The Hall–Kier alpha value is -0.820. The molecular weight excluding hydrogens is 230 g/mol. The first-order valence-electron chi connectivity index (χ1n) is 8.04. The maximum atomic E-state index is 3.65. The van der Waals surface area contributed by atoms with E-state index in [1.54, 1.807) is 5.56 Å². The van der Waals surface area contributed by atoms with Crippen molar-refractivity contribution in [1.29, 1.82) is 0 Å². The third kappa shape index (κ3) is 3.02. The number of hydrogen-bond donors (Lipinski definition) is 1. The van der Waals surface area contributed by atoms with Crippen molar-refractivity contribution in [2.24, 2.45) is 17.8 Å². The Kier molecular flexibility index (Phi) is 3.93. The van der Waals surface area contributed by atoms with Crippen molar-refractivity contribution in [2.75, 3.05) is 6.54 Å². The zero-order valence-corrected chi connectivity index (χ0v) is 12.3. The molecule has 0 saturated heterocycles. The van der Waals surface area contributed by atoms with Gasteiger partial charge in [0.2, 0.25) is 0 Å². The third-order valence-corrected chi connectivity index (χ3v) is 5.12. The van der Waals surface area contributed by atoms with Gasteiger partial charge in [0, 0.05) is 6.04 Å². The SMILES string of the molecule is CC(C)NCC1CCCC1C1CC1c1ccccc1. The standard InChI is InChI=1S/C18H27N/c1-13(2)19-12-15-9-6-10-16(15)18-11-17(18)14-7-4-3-5-8-14/h3-5,7-8,13,15-19H,6,9-12H2,1-2H3. The summed E-state index contributed by atoms with van der Waals surface area (Å²) >= 11 is 0. The highest BCUT2D eigenvalue weighted by Gasteiger charge is 2.47. The maximum Gasteiger partial charge on any atom is 0.00104 e. The van der Waals surface area contributed by atoms with Crippen LogP contribution in [0.2, 0.25) is 0 Å². The van der Waals surface area contributed by atoms with Crippen LogP contribution in [0.25, 0.3) is 0 Å². The highest BCUT2D eigenvalue weighted by molar-refractivity contribution is 5.26. The molecule has 0 amide bonds. The van der Waals surface area contributed by atoms with Gasteiger partial charge >= 0.3 is 0 Å². The lowest BCUT2D eigenvalue weighted by Gasteiger charge is -2.21. The average Bonchev–Trinajstić information content (AvgIpc) is 3.08. The highest BCUT2D eigenvalue weighted by Crippen LogP contribution is 2.57. The summed E-state index contributed by atoms with van der Waals surface area (Å²) in [5, 5.41) is 3.65. The molecule has 104 valence electrons. The van der Waals surface area contributed by atoms with Crippen LogP contribution in [0.1, 0.15) is 51.0 Å². The Morgan fingerprint density at radius 2 is 1.89 bits per heavy atom. The van der Waals surface area contributed by atoms with E-state index in [4.69, 9.17) is 0 Å². The van der Waals surface area contributed by atoms with Gasteiger partial charge in [-0.15, -0.1) is 0 Å². The molecule has 1 nitrogen and oxygen atoms in total. The van der Waals surface area contributed by atoms with Crippen LogP contribution in [0.4, 0.5) is 0 Å². The summed E-state index contributed by atoms with van der Waals surface area (Å²) in [6.45, 7) is 5.75. The fraction of sp³-hybridized carbons (Fsp3) is 0.667. The van der Waals surface area contributed by atoms with E-state index >= 15 is 0 Å². The topological polar surface area (TPSA) is 12.0 Å². The zero-order valence-electron chi connectivity index (χ0n) is 12.3. The van der Waals surface area contributed by atoms with E-state index in [0.29, 0.717) is 6.04 Å². The van der Waals surface area contributed by atoms with Gasteiger partial charge in [-0.05, 0) is 55.0 Å². The molecule has 0 spiro atoms. The Morgan fingerprint density at radius 1 is 1.11 bits per heavy atom. The molecule has 3 rings (SSSR count). The van der Waals surface area contributed by atoms with Gasteiger partial charge in [0.1, 0.15) is 0 Å². The summed E-state index contributed by atoms with van der Waals surface area (Å²) in [6, 6.07) is 11.8. The van der Waals surface area contributed by atoms with Crippen LogP contribution >= 0.6 is 0 Å². The van der Waals surface area contributed by atoms with Crippen molar-refractivity contribution in [2.45, 2.75) is 51.5 Å². The smallest absolute Gasteiger partial charge is 0.00104 e. The van der Waals surface area contributed by atoms with Crippen LogP contribution in [0, 0.1) is 17.8 Å². The van der Waals surface area contributed by atoms with Crippen LogP contribution in [0.5, 0.6) is 0 Å². The second-order valence-electron chi connectivity index (χ2n) is 6.83. The van der Waals surface area contributed by atoms with E-state index in [1.807, 2.05) is 0 Å². The lowest BCUT2D eigenvalue weighted by molar-refractivity contribution is 0.318. The van der Waals surface area contributed by atoms with Crippen LogP contribution in [0.15, 0.2) is 30.3 Å². The molecule has 19 heavy (non-hydrogen) atoms. The Morgan fingerprint density at radius 3 is 2.63 bits per heavy atom. The first kappa shape index (κ1) is 13.2. The molecule has 2 fully saturated rings. The first-order chi connectivity index (χ1) is 9.25. The van der Waals surface area contributed by atoms with Crippen molar-refractivity contribution >= 4 is 0 Å². The van der Waals surface area contributed by atoms with Crippen molar-refractivity contribution in [3.05, 3.63) is 35.9 Å². The minimum absolute atomic E-state index is 0.630. The molecule has 0 radical (unpaired) electrons. The van der Waals surface area contributed by atoms with Gasteiger partial charge in [0.05, 0.1) is 0 Å². The second-order valence-corrected chi connectivity index (χ2v) is 6.83. The fourth-order valence-electron chi connectivity index (χ4n) is 4.04. The number of hydrogen-bond acceptors (Lipinski definition) is 1. The number of rotatable bonds is 5. The molecular formula is C18H27N. The predicted octanol–water partition coefficient (Wildman–Crippen LogP) is 4.20. The van der Waals surface area contributed by atoms with Crippen molar-refractivity contribution in [3.63, 3.8) is 0 Å². The predicted molar refractivity (Wildman–Crippen MR) is 81.3 cm³/mol. The Balaban J connectivity index is 1.58. The van der Waals surface area contributed by atoms with Gasteiger partial charge in [-0.2, -0.15) is 0 Å². The van der Waals surface area contributed by atoms with Crippen LogP contribution < -0.4 is 5.32 Å². The Bertz CT molecular complexity index is 397. The van der Waals surface area contributed by atoms with Gasteiger partial charge in [-0.25, -0.2) is 0 Å². The minimum atomic E-state index is 0.630. The van der Waals surface area contributed by atoms with Crippen LogP contribution in [0.3, 0.4) is 0 Å². The van der Waals surface area contributed by atoms with E-state index in [1.165, 1.54) is 32.2 Å². The molecule has 0 aliphatic heterocycles. The molecule has 0 aromatic heterocycles. The number of nitrogens with one attached hydrogen (secondary N) is 1. The normalized spacial score (nSPS) is 33.8. The molecule has 4 atom stereocenters. The van der Waals surface area contributed by atoms with E-state index in [0.717, 1.165) is 23.7 Å². The molecule has 0 bridgehead atoms. The minimum Gasteiger partial charge on any atom is -0.314 e. The van der Waals surface area contributed by atoms with Crippen LogP contribution in [-0.4, -0.2) is 12.6 Å². The summed E-state index contributed by atoms with van der Waals surface area (Å²) < 4.78 is 0. The molecule has 1 heteroatoms. The first-order valence-corrected chi connectivity index (χ1v) is 8.04. The van der Waals surface area contributed by atoms with Crippen molar-refractivity contribution < 1.29 is 0 Å². The van der Waals surface area contributed by atoms with Gasteiger partial charge < -0.3 is 5.32 Å². The summed E-state index contributed by atoms with van der Waals surface area (Å²) in [5.41, 5.74) is 1.58. The van der Waals surface area contributed by atoms with Gasteiger partial charge in [0.15, 0.2) is 0 Å². The lowest BCUT2D eigenvalue weighted by atomic mass is 9.89. The van der Waals surface area contributed by atoms with Crippen molar-refractivity contribution in [3.8, 4) is 0 Å². The number of benzene rings is 1. The zero-order chi connectivity index (χ0) is 13.2. The summed E-state index contributed by atoms with van der Waals surface area (Å²) in [7, 11) is 0.